The molecule has 4 heteroatoms. The average Bonchev–Trinajstić information content (AvgIpc) is 2.70. The number of thiophene rings is 1. The van der Waals surface area contributed by atoms with E-state index in [0.717, 1.165) is 25.7 Å². The van der Waals surface area contributed by atoms with Crippen LogP contribution in [0.5, 0.6) is 0 Å². The van der Waals surface area contributed by atoms with Gasteiger partial charge in [0, 0.05) is 46.9 Å². The van der Waals surface area contributed by atoms with Crippen LogP contribution in [0, 0.1) is 6.92 Å². The summed E-state index contributed by atoms with van der Waals surface area (Å²) < 4.78 is 0. The van der Waals surface area contributed by atoms with E-state index in [4.69, 9.17) is 0 Å². The van der Waals surface area contributed by atoms with E-state index in [2.05, 4.69) is 48.8 Å². The van der Waals surface area contributed by atoms with Crippen molar-refractivity contribution < 1.29 is 0 Å². The molecule has 2 nitrogen and oxygen atoms in total. The van der Waals surface area contributed by atoms with Crippen LogP contribution in [-0.2, 0) is 13.1 Å². The zero-order valence-corrected chi connectivity index (χ0v) is 13.3. The molecule has 0 bridgehead atoms. The fraction of sp³-hybridized carbons (Fsp3) is 0.714. The molecule has 102 valence electrons. The summed E-state index contributed by atoms with van der Waals surface area (Å²) in [5.41, 5.74) is 1.53. The zero-order valence-electron chi connectivity index (χ0n) is 11.7. The third-order valence-corrected chi connectivity index (χ3v) is 5.78. The summed E-state index contributed by atoms with van der Waals surface area (Å²) in [6.07, 6.45) is 0. The molecule has 1 aliphatic heterocycles. The molecular formula is C14H24N2S2. The lowest BCUT2D eigenvalue weighted by molar-refractivity contribution is 0.224. The second-order valence-electron chi connectivity index (χ2n) is 4.97. The topological polar surface area (TPSA) is 15.3 Å². The molecule has 2 rings (SSSR count). The summed E-state index contributed by atoms with van der Waals surface area (Å²) >= 11 is 4.04. The number of hydrogen-bond donors (Lipinski definition) is 1. The first-order valence-electron chi connectivity index (χ1n) is 6.81. The second kappa shape index (κ2) is 6.94. The lowest BCUT2D eigenvalue weighted by Crippen LogP contribution is -2.39. The number of nitrogens with one attached hydrogen (secondary N) is 1. The molecule has 1 N–H and O–H groups in total. The maximum absolute atomic E-state index is 3.41. The molecule has 0 spiro atoms. The monoisotopic (exact) mass is 284 g/mol. The Morgan fingerprint density at radius 1 is 1.50 bits per heavy atom. The normalized spacial score (nSPS) is 21.4. The summed E-state index contributed by atoms with van der Waals surface area (Å²) in [6, 6.07) is 3.12. The van der Waals surface area contributed by atoms with Gasteiger partial charge in [-0.05, 0) is 32.0 Å². The standard InChI is InChI=1S/C14H24N2S2/c1-4-15-8-14-7-13(12(3)18-14)9-16-5-6-17-10-11(16)2/h7,11,15H,4-6,8-10H2,1-3H3. The number of hydrogen-bond acceptors (Lipinski definition) is 4. The highest BCUT2D eigenvalue weighted by Crippen LogP contribution is 2.25. The Kier molecular flexibility index (Phi) is 5.55. The largest absolute Gasteiger partial charge is 0.312 e. The Balaban J connectivity index is 1.97. The predicted octanol–water partition coefficient (Wildman–Crippen LogP) is 3.10. The SMILES string of the molecule is CCNCc1cc(CN2CCSCC2C)c(C)s1. The fourth-order valence-electron chi connectivity index (χ4n) is 2.30. The molecule has 1 aliphatic rings. The van der Waals surface area contributed by atoms with Gasteiger partial charge in [0.2, 0.25) is 0 Å². The molecule has 0 saturated carbocycles. The molecular weight excluding hydrogens is 260 g/mol. The fourth-order valence-corrected chi connectivity index (χ4v) is 4.40. The smallest absolute Gasteiger partial charge is 0.0299 e. The van der Waals surface area contributed by atoms with E-state index in [1.165, 1.54) is 33.4 Å². The Morgan fingerprint density at radius 3 is 3.06 bits per heavy atom. The van der Waals surface area contributed by atoms with Crippen molar-refractivity contribution in [1.82, 2.24) is 10.2 Å². The molecule has 18 heavy (non-hydrogen) atoms. The Morgan fingerprint density at radius 2 is 2.33 bits per heavy atom. The van der Waals surface area contributed by atoms with Crippen LogP contribution in [0.25, 0.3) is 0 Å². The second-order valence-corrected chi connectivity index (χ2v) is 7.46. The number of thioether (sulfide) groups is 1. The summed E-state index contributed by atoms with van der Waals surface area (Å²) in [6.45, 7) is 11.2. The van der Waals surface area contributed by atoms with Gasteiger partial charge in [0.15, 0.2) is 0 Å². The van der Waals surface area contributed by atoms with Crippen molar-refractivity contribution in [3.8, 4) is 0 Å². The van der Waals surface area contributed by atoms with Gasteiger partial charge >= 0.3 is 0 Å². The lowest BCUT2D eigenvalue weighted by atomic mass is 10.2. The Labute approximate surface area is 119 Å². The van der Waals surface area contributed by atoms with Crippen LogP contribution >= 0.6 is 23.1 Å². The first-order chi connectivity index (χ1) is 8.70. The molecule has 1 aromatic heterocycles. The van der Waals surface area contributed by atoms with Crippen LogP contribution < -0.4 is 5.32 Å². The van der Waals surface area contributed by atoms with Crippen LogP contribution in [0.3, 0.4) is 0 Å². The summed E-state index contributed by atoms with van der Waals surface area (Å²) in [5.74, 6) is 2.57. The minimum absolute atomic E-state index is 0.722. The van der Waals surface area contributed by atoms with E-state index in [0.29, 0.717) is 0 Å². The van der Waals surface area contributed by atoms with Gasteiger partial charge in [-0.15, -0.1) is 11.3 Å². The molecule has 1 unspecified atom stereocenters. The third-order valence-electron chi connectivity index (χ3n) is 3.50. The van der Waals surface area contributed by atoms with Crippen molar-refractivity contribution in [2.45, 2.75) is 39.9 Å². The lowest BCUT2D eigenvalue weighted by Gasteiger charge is -2.32. The van der Waals surface area contributed by atoms with Crippen molar-refractivity contribution in [2.75, 3.05) is 24.6 Å². The molecule has 0 aliphatic carbocycles. The number of rotatable bonds is 5. The molecule has 0 radical (unpaired) electrons. The van der Waals surface area contributed by atoms with Gasteiger partial charge < -0.3 is 5.32 Å². The first kappa shape index (κ1) is 14.4. The Bertz CT molecular complexity index is 376. The maximum Gasteiger partial charge on any atom is 0.0299 e. The van der Waals surface area contributed by atoms with Crippen LogP contribution in [0.1, 0.15) is 29.2 Å². The van der Waals surface area contributed by atoms with E-state index >= 15 is 0 Å². The number of nitrogens with zero attached hydrogens (tertiary/aromatic N) is 1. The van der Waals surface area contributed by atoms with E-state index in [-0.39, 0.29) is 0 Å². The quantitative estimate of drug-likeness (QED) is 0.894. The highest BCUT2D eigenvalue weighted by atomic mass is 32.2. The van der Waals surface area contributed by atoms with Gasteiger partial charge in [-0.1, -0.05) is 6.92 Å². The maximum atomic E-state index is 3.41. The van der Waals surface area contributed by atoms with Crippen LogP contribution in [-0.4, -0.2) is 35.5 Å². The molecule has 1 aromatic rings. The summed E-state index contributed by atoms with van der Waals surface area (Å²) in [4.78, 5) is 5.60. The van der Waals surface area contributed by atoms with Gasteiger partial charge in [0.05, 0.1) is 0 Å². The predicted molar refractivity (Wildman–Crippen MR) is 83.6 cm³/mol. The van der Waals surface area contributed by atoms with Crippen molar-refractivity contribution >= 4 is 23.1 Å². The van der Waals surface area contributed by atoms with E-state index in [9.17, 15) is 0 Å². The van der Waals surface area contributed by atoms with Gasteiger partial charge in [0.1, 0.15) is 0 Å². The van der Waals surface area contributed by atoms with E-state index < -0.39 is 0 Å². The molecule has 2 heterocycles. The minimum atomic E-state index is 0.722. The van der Waals surface area contributed by atoms with Crippen LogP contribution in [0.4, 0.5) is 0 Å². The van der Waals surface area contributed by atoms with Crippen molar-refractivity contribution in [1.29, 1.82) is 0 Å². The highest BCUT2D eigenvalue weighted by Gasteiger charge is 2.19. The first-order valence-corrected chi connectivity index (χ1v) is 8.78. The van der Waals surface area contributed by atoms with Crippen LogP contribution in [0.15, 0.2) is 6.07 Å². The van der Waals surface area contributed by atoms with Gasteiger partial charge in [0.25, 0.3) is 0 Å². The van der Waals surface area contributed by atoms with Crippen molar-refractivity contribution in [3.63, 3.8) is 0 Å². The summed E-state index contributed by atoms with van der Waals surface area (Å²) in [5, 5.41) is 3.41. The van der Waals surface area contributed by atoms with Gasteiger partial charge in [-0.25, -0.2) is 0 Å². The van der Waals surface area contributed by atoms with Crippen molar-refractivity contribution in [2.24, 2.45) is 0 Å². The van der Waals surface area contributed by atoms with Gasteiger partial charge in [-0.3, -0.25) is 4.90 Å². The molecule has 0 amide bonds. The van der Waals surface area contributed by atoms with Gasteiger partial charge in [-0.2, -0.15) is 11.8 Å². The van der Waals surface area contributed by atoms with E-state index in [1.54, 1.807) is 0 Å². The minimum Gasteiger partial charge on any atom is -0.312 e. The Hall–Kier alpha value is -0.0300. The van der Waals surface area contributed by atoms with Crippen LogP contribution in [0.2, 0.25) is 0 Å². The van der Waals surface area contributed by atoms with Crippen molar-refractivity contribution in [3.05, 3.63) is 21.4 Å². The third kappa shape index (κ3) is 3.73. The zero-order chi connectivity index (χ0) is 13.0. The molecule has 1 atom stereocenters. The molecule has 1 saturated heterocycles. The molecule has 0 aromatic carbocycles. The average molecular weight is 284 g/mol. The summed E-state index contributed by atoms with van der Waals surface area (Å²) in [7, 11) is 0. The molecule has 1 fully saturated rings. The van der Waals surface area contributed by atoms with E-state index in [1.807, 2.05) is 11.3 Å². The number of aryl methyl sites for hydroxylation is 1. The highest BCUT2D eigenvalue weighted by molar-refractivity contribution is 7.99.